The van der Waals surface area contributed by atoms with E-state index < -0.39 is 29.5 Å². The first-order valence-electron chi connectivity index (χ1n) is 6.08. The van der Waals surface area contributed by atoms with Crippen LogP contribution in [0.1, 0.15) is 13.8 Å². The summed E-state index contributed by atoms with van der Waals surface area (Å²) < 4.78 is 39.9. The zero-order chi connectivity index (χ0) is 15.8. The number of hydrogen-bond acceptors (Lipinski definition) is 3. The second kappa shape index (κ2) is 4.94. The van der Waals surface area contributed by atoms with Crippen LogP contribution in [-0.4, -0.2) is 24.8 Å². The Kier molecular flexibility index (Phi) is 3.56. The Balaban J connectivity index is 2.25. The molecule has 1 aliphatic rings. The molecule has 0 unspecified atom stereocenters. The van der Waals surface area contributed by atoms with Crippen LogP contribution in [0.4, 0.5) is 23.7 Å². The molecular formula is C13H13F3N2O3. The third-order valence-corrected chi connectivity index (χ3v) is 3.00. The fourth-order valence-corrected chi connectivity index (χ4v) is 1.88. The number of carbonyl (C=O) groups is 2. The smallest absolute Gasteiger partial charge is 0.406 e. The fraction of sp³-hybridized carbons (Fsp3) is 0.385. The summed E-state index contributed by atoms with van der Waals surface area (Å²) in [5, 5.41) is 2.56. The molecule has 0 atom stereocenters. The van der Waals surface area contributed by atoms with Crippen LogP contribution >= 0.6 is 0 Å². The van der Waals surface area contributed by atoms with Crippen molar-refractivity contribution < 1.29 is 27.5 Å². The van der Waals surface area contributed by atoms with Gasteiger partial charge in [0.25, 0.3) is 0 Å². The molecule has 8 heteroatoms. The first-order chi connectivity index (χ1) is 9.60. The lowest BCUT2D eigenvalue weighted by Gasteiger charge is -2.36. The van der Waals surface area contributed by atoms with E-state index in [2.05, 4.69) is 10.1 Å². The molecule has 0 bridgehead atoms. The van der Waals surface area contributed by atoms with E-state index in [1.165, 1.54) is 12.1 Å². The van der Waals surface area contributed by atoms with Gasteiger partial charge in [-0.2, -0.15) is 0 Å². The van der Waals surface area contributed by atoms with Crippen LogP contribution in [0, 0.1) is 5.41 Å². The molecule has 1 aliphatic heterocycles. The summed E-state index contributed by atoms with van der Waals surface area (Å²) in [5.41, 5.74) is -0.602. The van der Waals surface area contributed by atoms with E-state index in [4.69, 9.17) is 0 Å². The van der Waals surface area contributed by atoms with Crippen molar-refractivity contribution in [1.82, 2.24) is 5.32 Å². The molecule has 21 heavy (non-hydrogen) atoms. The molecule has 0 aliphatic carbocycles. The largest absolute Gasteiger partial charge is 0.573 e. The lowest BCUT2D eigenvalue weighted by molar-refractivity contribution is -0.274. The number of nitrogens with zero attached hydrogens (tertiary/aromatic N) is 1. The van der Waals surface area contributed by atoms with Crippen molar-refractivity contribution in [3.8, 4) is 5.75 Å². The van der Waals surface area contributed by atoms with Gasteiger partial charge in [0.15, 0.2) is 0 Å². The van der Waals surface area contributed by atoms with E-state index >= 15 is 0 Å². The molecule has 5 nitrogen and oxygen atoms in total. The average molecular weight is 302 g/mol. The van der Waals surface area contributed by atoms with Gasteiger partial charge in [0.1, 0.15) is 5.75 Å². The van der Waals surface area contributed by atoms with Crippen molar-refractivity contribution in [2.75, 3.05) is 11.4 Å². The van der Waals surface area contributed by atoms with Crippen LogP contribution in [0.3, 0.4) is 0 Å². The van der Waals surface area contributed by atoms with Gasteiger partial charge in [-0.25, -0.2) is 9.69 Å². The van der Waals surface area contributed by atoms with Crippen LogP contribution in [-0.2, 0) is 4.79 Å². The Labute approximate surface area is 118 Å². The SMILES string of the molecule is CC1(C)CNC(=O)N(c2ccc(OC(F)(F)F)cc2)C1=O. The van der Waals surface area contributed by atoms with Crippen molar-refractivity contribution in [2.24, 2.45) is 5.41 Å². The number of anilines is 1. The zero-order valence-corrected chi connectivity index (χ0v) is 11.3. The monoisotopic (exact) mass is 302 g/mol. The molecule has 114 valence electrons. The van der Waals surface area contributed by atoms with Gasteiger partial charge in [0.2, 0.25) is 5.91 Å². The number of urea groups is 1. The molecule has 0 aromatic heterocycles. The van der Waals surface area contributed by atoms with E-state index in [1.54, 1.807) is 13.8 Å². The molecule has 2 rings (SSSR count). The van der Waals surface area contributed by atoms with Gasteiger partial charge in [0.05, 0.1) is 11.1 Å². The van der Waals surface area contributed by atoms with Gasteiger partial charge >= 0.3 is 12.4 Å². The Bertz CT molecular complexity index is 567. The van der Waals surface area contributed by atoms with E-state index in [0.29, 0.717) is 0 Å². The van der Waals surface area contributed by atoms with Gasteiger partial charge in [-0.15, -0.1) is 13.2 Å². The van der Waals surface area contributed by atoms with Crippen LogP contribution < -0.4 is 15.0 Å². The number of halogens is 3. The molecule has 1 saturated heterocycles. The molecule has 1 aromatic rings. The Morgan fingerprint density at radius 2 is 1.76 bits per heavy atom. The van der Waals surface area contributed by atoms with Crippen LogP contribution in [0.15, 0.2) is 24.3 Å². The van der Waals surface area contributed by atoms with Crippen molar-refractivity contribution in [3.05, 3.63) is 24.3 Å². The number of carbonyl (C=O) groups excluding carboxylic acids is 2. The van der Waals surface area contributed by atoms with Crippen molar-refractivity contribution >= 4 is 17.6 Å². The molecule has 1 N–H and O–H groups in total. The van der Waals surface area contributed by atoms with E-state index in [-0.39, 0.29) is 12.2 Å². The summed E-state index contributed by atoms with van der Waals surface area (Å²) in [4.78, 5) is 24.9. The Morgan fingerprint density at radius 1 is 1.19 bits per heavy atom. The van der Waals surface area contributed by atoms with Gasteiger partial charge in [0, 0.05) is 6.54 Å². The molecular weight excluding hydrogens is 289 g/mol. The predicted molar refractivity (Wildman–Crippen MR) is 67.8 cm³/mol. The third-order valence-electron chi connectivity index (χ3n) is 3.00. The summed E-state index contributed by atoms with van der Waals surface area (Å²) in [6.07, 6.45) is -4.79. The summed E-state index contributed by atoms with van der Waals surface area (Å²) >= 11 is 0. The first-order valence-corrected chi connectivity index (χ1v) is 6.08. The van der Waals surface area contributed by atoms with Crippen LogP contribution in [0.25, 0.3) is 0 Å². The summed E-state index contributed by atoms with van der Waals surface area (Å²) in [7, 11) is 0. The zero-order valence-electron chi connectivity index (χ0n) is 11.3. The molecule has 1 heterocycles. The molecule has 1 aromatic carbocycles. The normalized spacial score (nSPS) is 18.4. The number of amides is 3. The maximum Gasteiger partial charge on any atom is 0.573 e. The van der Waals surface area contributed by atoms with Crippen molar-refractivity contribution in [2.45, 2.75) is 20.2 Å². The first kappa shape index (κ1) is 15.1. The summed E-state index contributed by atoms with van der Waals surface area (Å²) in [6, 6.07) is 3.93. The maximum atomic E-state index is 12.2. The summed E-state index contributed by atoms with van der Waals surface area (Å²) in [6.45, 7) is 3.54. The van der Waals surface area contributed by atoms with Gasteiger partial charge in [-0.1, -0.05) is 0 Å². The number of alkyl halides is 3. The highest BCUT2D eigenvalue weighted by Gasteiger charge is 2.41. The van der Waals surface area contributed by atoms with E-state index in [0.717, 1.165) is 17.0 Å². The van der Waals surface area contributed by atoms with Crippen LogP contribution in [0.5, 0.6) is 5.75 Å². The lowest BCUT2D eigenvalue weighted by atomic mass is 9.89. The van der Waals surface area contributed by atoms with Crippen molar-refractivity contribution in [1.29, 1.82) is 0 Å². The minimum absolute atomic E-state index is 0.180. The number of nitrogens with one attached hydrogen (secondary N) is 1. The maximum absolute atomic E-state index is 12.2. The number of benzene rings is 1. The highest BCUT2D eigenvalue weighted by Crippen LogP contribution is 2.29. The molecule has 0 saturated carbocycles. The Hall–Kier alpha value is -2.25. The van der Waals surface area contributed by atoms with Gasteiger partial charge < -0.3 is 10.1 Å². The van der Waals surface area contributed by atoms with E-state index in [9.17, 15) is 22.8 Å². The van der Waals surface area contributed by atoms with Gasteiger partial charge in [-0.3, -0.25) is 4.79 Å². The minimum atomic E-state index is -4.79. The van der Waals surface area contributed by atoms with Gasteiger partial charge in [-0.05, 0) is 38.1 Å². The topological polar surface area (TPSA) is 58.6 Å². The second-order valence-electron chi connectivity index (χ2n) is 5.22. The molecule has 0 spiro atoms. The van der Waals surface area contributed by atoms with Crippen molar-refractivity contribution in [3.63, 3.8) is 0 Å². The van der Waals surface area contributed by atoms with E-state index in [1.807, 2.05) is 0 Å². The number of rotatable bonds is 2. The predicted octanol–water partition coefficient (Wildman–Crippen LogP) is 2.67. The summed E-state index contributed by atoms with van der Waals surface area (Å²) in [5.74, 6) is -0.842. The number of ether oxygens (including phenoxy) is 1. The number of hydrogen-bond donors (Lipinski definition) is 1. The molecule has 0 radical (unpaired) electrons. The standard InChI is InChI=1S/C13H13F3N2O3/c1-12(2)7-17-11(20)18(10(12)19)8-3-5-9(6-4-8)21-13(14,15)16/h3-6H,7H2,1-2H3,(H,17,20). The number of imide groups is 1. The average Bonchev–Trinajstić information content (AvgIpc) is 2.35. The molecule has 1 fully saturated rings. The highest BCUT2D eigenvalue weighted by atomic mass is 19.4. The van der Waals surface area contributed by atoms with Crippen LogP contribution in [0.2, 0.25) is 0 Å². The third kappa shape index (κ3) is 3.26. The highest BCUT2D eigenvalue weighted by molar-refractivity contribution is 6.17. The lowest BCUT2D eigenvalue weighted by Crippen LogP contribution is -2.59. The quantitative estimate of drug-likeness (QED) is 0.913. The molecule has 3 amide bonds. The minimum Gasteiger partial charge on any atom is -0.406 e. The second-order valence-corrected chi connectivity index (χ2v) is 5.22. The fourth-order valence-electron chi connectivity index (χ4n) is 1.88. The Morgan fingerprint density at radius 3 is 2.29 bits per heavy atom.